The standard InChI is InChI=1S/C21H28F3N5O3/c1-14(2)26-27-18-8-9-19(29-28-18)32-13-20(3,4)25-11-16(30)12-31-17-7-5-6-15(10-17)21(22,23)24/h5-10,16,25,30H,11-13H2,1-4H3,(H,27,28). The molecule has 8 nitrogen and oxygen atoms in total. The summed E-state index contributed by atoms with van der Waals surface area (Å²) < 4.78 is 49.2. The van der Waals surface area contributed by atoms with Crippen LogP contribution in [0.1, 0.15) is 33.3 Å². The van der Waals surface area contributed by atoms with Gasteiger partial charge in [-0.25, -0.2) is 0 Å². The Bertz CT molecular complexity index is 885. The minimum atomic E-state index is -4.45. The van der Waals surface area contributed by atoms with Crippen molar-refractivity contribution in [1.82, 2.24) is 15.5 Å². The van der Waals surface area contributed by atoms with E-state index in [-0.39, 0.29) is 25.5 Å². The molecule has 1 aromatic heterocycles. The number of aliphatic hydroxyl groups excluding tert-OH is 1. The molecular formula is C21H28F3N5O3. The second-order valence-corrected chi connectivity index (χ2v) is 7.97. The van der Waals surface area contributed by atoms with Crippen molar-refractivity contribution >= 4 is 11.5 Å². The number of rotatable bonds is 11. The largest absolute Gasteiger partial charge is 0.491 e. The molecule has 0 saturated heterocycles. The van der Waals surface area contributed by atoms with Crippen molar-refractivity contribution in [3.05, 3.63) is 42.0 Å². The van der Waals surface area contributed by atoms with E-state index in [9.17, 15) is 18.3 Å². The van der Waals surface area contributed by atoms with Crippen LogP contribution in [-0.2, 0) is 6.18 Å². The summed E-state index contributed by atoms with van der Waals surface area (Å²) in [5, 5.41) is 25.2. The second-order valence-electron chi connectivity index (χ2n) is 7.97. The molecule has 3 N–H and O–H groups in total. The summed E-state index contributed by atoms with van der Waals surface area (Å²) in [7, 11) is 0. The summed E-state index contributed by atoms with van der Waals surface area (Å²) in [5.41, 5.74) is 2.28. The molecule has 0 bridgehead atoms. The van der Waals surface area contributed by atoms with E-state index in [1.165, 1.54) is 12.1 Å². The fourth-order valence-corrected chi connectivity index (χ4v) is 2.34. The van der Waals surface area contributed by atoms with Gasteiger partial charge in [0, 0.05) is 23.9 Å². The lowest BCUT2D eigenvalue weighted by Gasteiger charge is -2.27. The van der Waals surface area contributed by atoms with Crippen molar-refractivity contribution in [2.45, 2.75) is 45.5 Å². The number of hydrogen-bond acceptors (Lipinski definition) is 8. The molecule has 1 aromatic carbocycles. The van der Waals surface area contributed by atoms with Crippen LogP contribution >= 0.6 is 0 Å². The molecule has 0 aliphatic heterocycles. The van der Waals surface area contributed by atoms with E-state index in [4.69, 9.17) is 9.47 Å². The number of hydrazone groups is 1. The van der Waals surface area contributed by atoms with Gasteiger partial charge in [-0.1, -0.05) is 6.07 Å². The quantitative estimate of drug-likeness (QED) is 0.352. The van der Waals surface area contributed by atoms with E-state index in [1.807, 2.05) is 27.7 Å². The molecule has 2 aromatic rings. The highest BCUT2D eigenvalue weighted by atomic mass is 19.4. The molecule has 0 spiro atoms. The first kappa shape index (κ1) is 25.3. The van der Waals surface area contributed by atoms with Crippen LogP contribution in [0, 0.1) is 0 Å². The Hall–Kier alpha value is -2.92. The van der Waals surface area contributed by atoms with Gasteiger partial charge in [0.15, 0.2) is 5.82 Å². The van der Waals surface area contributed by atoms with Crippen LogP contribution in [0.25, 0.3) is 0 Å². The maximum Gasteiger partial charge on any atom is 0.416 e. The van der Waals surface area contributed by atoms with E-state index < -0.39 is 23.4 Å². The molecule has 1 unspecified atom stereocenters. The number of aliphatic hydroxyl groups is 1. The number of β-amino-alcohol motifs (C(OH)–C–C–N with tert-alkyl or cyclic N) is 1. The van der Waals surface area contributed by atoms with E-state index in [1.54, 1.807) is 12.1 Å². The van der Waals surface area contributed by atoms with E-state index in [2.05, 4.69) is 26.0 Å². The van der Waals surface area contributed by atoms with Crippen molar-refractivity contribution in [3.8, 4) is 11.6 Å². The van der Waals surface area contributed by atoms with E-state index in [0.717, 1.165) is 17.8 Å². The SMILES string of the molecule is CC(C)=NNc1ccc(OCC(C)(C)NCC(O)COc2cccc(C(F)(F)F)c2)nn1. The first-order chi connectivity index (χ1) is 14.9. The first-order valence-electron chi connectivity index (χ1n) is 9.91. The zero-order chi connectivity index (χ0) is 23.8. The highest BCUT2D eigenvalue weighted by Crippen LogP contribution is 2.31. The molecule has 0 aliphatic carbocycles. The van der Waals surface area contributed by atoms with Crippen LogP contribution in [-0.4, -0.2) is 52.4 Å². The number of anilines is 1. The normalized spacial score (nSPS) is 12.8. The Morgan fingerprint density at radius 3 is 2.50 bits per heavy atom. The third-order valence-corrected chi connectivity index (χ3v) is 4.04. The third-order valence-electron chi connectivity index (χ3n) is 4.04. The maximum atomic E-state index is 12.8. The summed E-state index contributed by atoms with van der Waals surface area (Å²) in [6.45, 7) is 7.67. The summed E-state index contributed by atoms with van der Waals surface area (Å²) >= 11 is 0. The lowest BCUT2D eigenvalue weighted by molar-refractivity contribution is -0.137. The van der Waals surface area contributed by atoms with Gasteiger partial charge >= 0.3 is 6.18 Å². The number of benzene rings is 1. The molecule has 0 fully saturated rings. The Kier molecular flexibility index (Phi) is 8.79. The Labute approximate surface area is 184 Å². The number of nitrogens with zero attached hydrogens (tertiary/aromatic N) is 3. The molecular weight excluding hydrogens is 427 g/mol. The number of nitrogens with one attached hydrogen (secondary N) is 2. The maximum absolute atomic E-state index is 12.8. The van der Waals surface area contributed by atoms with Gasteiger partial charge in [-0.15, -0.1) is 10.2 Å². The lowest BCUT2D eigenvalue weighted by atomic mass is 10.1. The molecule has 0 aliphatic rings. The van der Waals surface area contributed by atoms with Crippen molar-refractivity contribution < 1.29 is 27.8 Å². The van der Waals surface area contributed by atoms with Gasteiger partial charge in [-0.2, -0.15) is 18.3 Å². The zero-order valence-electron chi connectivity index (χ0n) is 18.4. The van der Waals surface area contributed by atoms with Crippen molar-refractivity contribution in [1.29, 1.82) is 0 Å². The highest BCUT2D eigenvalue weighted by molar-refractivity contribution is 5.79. The Balaban J connectivity index is 1.76. The van der Waals surface area contributed by atoms with Gasteiger partial charge < -0.3 is 19.9 Å². The number of ether oxygens (including phenoxy) is 2. The van der Waals surface area contributed by atoms with Crippen LogP contribution in [0.3, 0.4) is 0 Å². The van der Waals surface area contributed by atoms with Gasteiger partial charge in [-0.3, -0.25) is 5.43 Å². The van der Waals surface area contributed by atoms with Crippen molar-refractivity contribution in [3.63, 3.8) is 0 Å². The summed E-state index contributed by atoms with van der Waals surface area (Å²) in [4.78, 5) is 0. The minimum Gasteiger partial charge on any atom is -0.491 e. The molecule has 32 heavy (non-hydrogen) atoms. The van der Waals surface area contributed by atoms with Crippen molar-refractivity contribution in [2.24, 2.45) is 5.10 Å². The molecule has 1 heterocycles. The van der Waals surface area contributed by atoms with Gasteiger partial charge in [0.05, 0.1) is 5.56 Å². The van der Waals surface area contributed by atoms with Crippen LogP contribution in [0.15, 0.2) is 41.5 Å². The van der Waals surface area contributed by atoms with E-state index >= 15 is 0 Å². The smallest absolute Gasteiger partial charge is 0.416 e. The molecule has 1 atom stereocenters. The number of hydrogen-bond donors (Lipinski definition) is 3. The summed E-state index contributed by atoms with van der Waals surface area (Å²) in [5.74, 6) is 0.855. The van der Waals surface area contributed by atoms with Gasteiger partial charge in [0.25, 0.3) is 0 Å². The van der Waals surface area contributed by atoms with Gasteiger partial charge in [0.2, 0.25) is 5.88 Å². The molecule has 0 amide bonds. The predicted octanol–water partition coefficient (Wildman–Crippen LogP) is 3.49. The topological polar surface area (TPSA) is 101 Å². The monoisotopic (exact) mass is 455 g/mol. The summed E-state index contributed by atoms with van der Waals surface area (Å²) in [6.07, 6.45) is -5.38. The predicted molar refractivity (Wildman–Crippen MR) is 115 cm³/mol. The van der Waals surface area contributed by atoms with Crippen LogP contribution in [0.5, 0.6) is 11.6 Å². The summed E-state index contributed by atoms with van der Waals surface area (Å²) in [6, 6.07) is 7.86. The van der Waals surface area contributed by atoms with Gasteiger partial charge in [0.1, 0.15) is 25.1 Å². The molecule has 176 valence electrons. The Morgan fingerprint density at radius 2 is 1.88 bits per heavy atom. The molecule has 2 rings (SSSR count). The fourth-order valence-electron chi connectivity index (χ4n) is 2.34. The number of alkyl halides is 3. The third kappa shape index (κ3) is 9.06. The van der Waals surface area contributed by atoms with Crippen LogP contribution in [0.4, 0.5) is 19.0 Å². The fraction of sp³-hybridized carbons (Fsp3) is 0.476. The molecule has 0 saturated carbocycles. The minimum absolute atomic E-state index is 0.0396. The first-order valence-corrected chi connectivity index (χ1v) is 9.91. The van der Waals surface area contributed by atoms with Crippen molar-refractivity contribution in [2.75, 3.05) is 25.2 Å². The highest BCUT2D eigenvalue weighted by Gasteiger charge is 2.30. The second kappa shape index (κ2) is 11.1. The molecule has 11 heteroatoms. The Morgan fingerprint density at radius 1 is 1.12 bits per heavy atom. The van der Waals surface area contributed by atoms with Crippen LogP contribution < -0.4 is 20.2 Å². The number of halogens is 3. The number of aromatic nitrogens is 2. The molecule has 0 radical (unpaired) electrons. The average molecular weight is 455 g/mol. The van der Waals surface area contributed by atoms with Gasteiger partial charge in [-0.05, 0) is 52.0 Å². The zero-order valence-corrected chi connectivity index (χ0v) is 18.4. The van der Waals surface area contributed by atoms with E-state index in [0.29, 0.717) is 11.7 Å². The average Bonchev–Trinajstić information content (AvgIpc) is 2.74. The van der Waals surface area contributed by atoms with Crippen LogP contribution in [0.2, 0.25) is 0 Å². The lowest BCUT2D eigenvalue weighted by Crippen LogP contribution is -2.48.